The van der Waals surface area contributed by atoms with Crippen LogP contribution in [0.4, 0.5) is 16.4 Å². The van der Waals surface area contributed by atoms with Crippen LogP contribution in [0.2, 0.25) is 0 Å². The molecule has 1 saturated heterocycles. The minimum absolute atomic E-state index is 0.232. The molecule has 0 saturated carbocycles. The third-order valence-electron chi connectivity index (χ3n) is 3.47. The van der Waals surface area contributed by atoms with Crippen molar-refractivity contribution in [3.8, 4) is 0 Å². The molecule has 122 valence electrons. The molecule has 7 heteroatoms. The predicted octanol–water partition coefficient (Wildman–Crippen LogP) is 1.82. The molecular formula is C15H25N5O2. The molecule has 2 rings (SSSR count). The van der Waals surface area contributed by atoms with Gasteiger partial charge in [0.1, 0.15) is 18.0 Å². The first kappa shape index (κ1) is 16.3. The van der Waals surface area contributed by atoms with Gasteiger partial charge in [0.25, 0.3) is 0 Å². The Bertz CT molecular complexity index is 487. The fraction of sp³-hybridized carbons (Fsp3) is 0.667. The molecule has 1 amide bonds. The van der Waals surface area contributed by atoms with Crippen molar-refractivity contribution in [1.82, 2.24) is 14.9 Å². The van der Waals surface area contributed by atoms with Crippen molar-refractivity contribution in [2.24, 2.45) is 5.92 Å². The Morgan fingerprint density at radius 2 is 2.05 bits per heavy atom. The third-order valence-corrected chi connectivity index (χ3v) is 3.47. The normalized spacial score (nSPS) is 15.1. The van der Waals surface area contributed by atoms with Crippen LogP contribution in [0, 0.1) is 5.92 Å². The summed E-state index contributed by atoms with van der Waals surface area (Å²) in [6.07, 6.45) is 1.35. The number of nitrogens with one attached hydrogen (secondary N) is 1. The van der Waals surface area contributed by atoms with Crippen molar-refractivity contribution in [3.63, 3.8) is 0 Å². The van der Waals surface area contributed by atoms with Crippen LogP contribution >= 0.6 is 0 Å². The smallest absolute Gasteiger partial charge is 0.409 e. The lowest BCUT2D eigenvalue weighted by atomic mass is 10.2. The van der Waals surface area contributed by atoms with Gasteiger partial charge in [-0.1, -0.05) is 13.8 Å². The van der Waals surface area contributed by atoms with Crippen molar-refractivity contribution < 1.29 is 9.53 Å². The van der Waals surface area contributed by atoms with Gasteiger partial charge in [0.2, 0.25) is 0 Å². The highest BCUT2D eigenvalue weighted by Gasteiger charge is 2.22. The van der Waals surface area contributed by atoms with E-state index in [4.69, 9.17) is 4.74 Å². The van der Waals surface area contributed by atoms with E-state index < -0.39 is 0 Å². The van der Waals surface area contributed by atoms with E-state index >= 15 is 0 Å². The Morgan fingerprint density at radius 3 is 2.68 bits per heavy atom. The molecule has 1 aliphatic rings. The number of amides is 1. The number of nitrogens with zero attached hydrogens (tertiary/aromatic N) is 4. The maximum atomic E-state index is 11.7. The van der Waals surface area contributed by atoms with Gasteiger partial charge in [-0.15, -0.1) is 0 Å². The van der Waals surface area contributed by atoms with Crippen molar-refractivity contribution in [3.05, 3.63) is 12.4 Å². The Labute approximate surface area is 131 Å². The first-order chi connectivity index (χ1) is 10.6. The van der Waals surface area contributed by atoms with E-state index in [0.29, 0.717) is 25.6 Å². The molecule has 1 fully saturated rings. The molecule has 0 aliphatic carbocycles. The van der Waals surface area contributed by atoms with E-state index in [1.807, 2.05) is 13.0 Å². The molecular weight excluding hydrogens is 282 g/mol. The number of hydrogen-bond donors (Lipinski definition) is 1. The van der Waals surface area contributed by atoms with E-state index in [0.717, 1.165) is 31.3 Å². The zero-order valence-corrected chi connectivity index (χ0v) is 13.6. The van der Waals surface area contributed by atoms with Crippen molar-refractivity contribution in [2.75, 3.05) is 49.5 Å². The summed E-state index contributed by atoms with van der Waals surface area (Å²) in [6.45, 7) is 10.2. The summed E-state index contributed by atoms with van der Waals surface area (Å²) in [5.41, 5.74) is 0. The average Bonchev–Trinajstić information content (AvgIpc) is 2.53. The van der Waals surface area contributed by atoms with Crippen LogP contribution in [0.15, 0.2) is 12.4 Å². The quantitative estimate of drug-likeness (QED) is 0.895. The van der Waals surface area contributed by atoms with Gasteiger partial charge in [-0.2, -0.15) is 0 Å². The van der Waals surface area contributed by atoms with Gasteiger partial charge in [0.05, 0.1) is 6.61 Å². The molecule has 1 N–H and O–H groups in total. The number of aromatic nitrogens is 2. The fourth-order valence-electron chi connectivity index (χ4n) is 2.26. The maximum absolute atomic E-state index is 11.7. The molecule has 1 aromatic rings. The highest BCUT2D eigenvalue weighted by atomic mass is 16.6. The summed E-state index contributed by atoms with van der Waals surface area (Å²) in [6, 6.07) is 1.96. The molecule has 1 aliphatic heterocycles. The van der Waals surface area contributed by atoms with Crippen LogP contribution in [0.25, 0.3) is 0 Å². The van der Waals surface area contributed by atoms with E-state index in [1.54, 1.807) is 11.2 Å². The van der Waals surface area contributed by atoms with Gasteiger partial charge in [0, 0.05) is 38.8 Å². The number of anilines is 2. The maximum Gasteiger partial charge on any atom is 0.409 e. The van der Waals surface area contributed by atoms with E-state index in [9.17, 15) is 4.79 Å². The summed E-state index contributed by atoms with van der Waals surface area (Å²) in [7, 11) is 0. The zero-order chi connectivity index (χ0) is 15.9. The highest BCUT2D eigenvalue weighted by molar-refractivity contribution is 5.68. The van der Waals surface area contributed by atoms with Gasteiger partial charge < -0.3 is 19.9 Å². The van der Waals surface area contributed by atoms with Crippen LogP contribution in [0.3, 0.4) is 0 Å². The van der Waals surface area contributed by atoms with E-state index in [-0.39, 0.29) is 6.09 Å². The van der Waals surface area contributed by atoms with Crippen LogP contribution in [0.5, 0.6) is 0 Å². The van der Waals surface area contributed by atoms with Crippen LogP contribution in [-0.4, -0.2) is 60.3 Å². The summed E-state index contributed by atoms with van der Waals surface area (Å²) >= 11 is 0. The molecule has 22 heavy (non-hydrogen) atoms. The van der Waals surface area contributed by atoms with Gasteiger partial charge in [-0.25, -0.2) is 14.8 Å². The Hall–Kier alpha value is -2.05. The van der Waals surface area contributed by atoms with Crippen molar-refractivity contribution in [2.45, 2.75) is 20.8 Å². The van der Waals surface area contributed by atoms with Crippen molar-refractivity contribution >= 4 is 17.7 Å². The Morgan fingerprint density at radius 1 is 1.32 bits per heavy atom. The molecule has 0 radical (unpaired) electrons. The molecule has 0 bridgehead atoms. The molecule has 1 aromatic heterocycles. The Kier molecular flexibility index (Phi) is 5.80. The first-order valence-electron chi connectivity index (χ1n) is 7.82. The second-order valence-corrected chi connectivity index (χ2v) is 5.71. The molecule has 2 heterocycles. The monoisotopic (exact) mass is 307 g/mol. The van der Waals surface area contributed by atoms with Crippen LogP contribution in [0.1, 0.15) is 20.8 Å². The van der Waals surface area contributed by atoms with Crippen molar-refractivity contribution in [1.29, 1.82) is 0 Å². The van der Waals surface area contributed by atoms with E-state index in [1.165, 1.54) is 0 Å². The molecule has 0 aromatic carbocycles. The second-order valence-electron chi connectivity index (χ2n) is 5.71. The number of hydrogen-bond acceptors (Lipinski definition) is 6. The number of carbonyl (C=O) groups excluding carboxylic acids is 1. The Balaban J connectivity index is 1.91. The number of rotatable bonds is 5. The topological polar surface area (TPSA) is 70.6 Å². The lowest BCUT2D eigenvalue weighted by Gasteiger charge is -2.34. The summed E-state index contributed by atoms with van der Waals surface area (Å²) in [5, 5.41) is 3.31. The standard InChI is InChI=1S/C15H25N5O2/c1-4-22-15(21)20-7-5-19(6-8-20)14-9-13(17-11-18-14)16-10-12(2)3/h9,11-12H,4-8,10H2,1-3H3,(H,16,17,18). The summed E-state index contributed by atoms with van der Waals surface area (Å²) in [5.74, 6) is 2.29. The second kappa shape index (κ2) is 7.82. The van der Waals surface area contributed by atoms with Gasteiger partial charge >= 0.3 is 6.09 Å². The summed E-state index contributed by atoms with van der Waals surface area (Å²) < 4.78 is 5.03. The van der Waals surface area contributed by atoms with Crippen LogP contribution in [-0.2, 0) is 4.74 Å². The lowest BCUT2D eigenvalue weighted by Crippen LogP contribution is -2.49. The first-order valence-corrected chi connectivity index (χ1v) is 7.82. The predicted molar refractivity (Wildman–Crippen MR) is 86.2 cm³/mol. The third kappa shape index (κ3) is 4.47. The van der Waals surface area contributed by atoms with Gasteiger partial charge in [0.15, 0.2) is 0 Å². The number of ether oxygens (including phenoxy) is 1. The minimum atomic E-state index is -0.232. The molecule has 7 nitrogen and oxygen atoms in total. The average molecular weight is 307 g/mol. The van der Waals surface area contributed by atoms with Crippen LogP contribution < -0.4 is 10.2 Å². The SMILES string of the molecule is CCOC(=O)N1CCN(c2cc(NCC(C)C)ncn2)CC1. The fourth-order valence-corrected chi connectivity index (χ4v) is 2.26. The number of piperazine rings is 1. The van der Waals surface area contributed by atoms with Gasteiger partial charge in [-0.3, -0.25) is 0 Å². The highest BCUT2D eigenvalue weighted by Crippen LogP contribution is 2.16. The summed E-state index contributed by atoms with van der Waals surface area (Å²) in [4.78, 5) is 24.2. The zero-order valence-electron chi connectivity index (χ0n) is 13.6. The lowest BCUT2D eigenvalue weighted by molar-refractivity contribution is 0.105. The number of carbonyl (C=O) groups is 1. The molecule has 0 spiro atoms. The largest absolute Gasteiger partial charge is 0.450 e. The van der Waals surface area contributed by atoms with E-state index in [2.05, 4.69) is 34.0 Å². The molecule has 0 unspecified atom stereocenters. The van der Waals surface area contributed by atoms with Gasteiger partial charge in [-0.05, 0) is 12.8 Å². The molecule has 0 atom stereocenters. The minimum Gasteiger partial charge on any atom is -0.450 e.